The molecule has 218 valence electrons. The van der Waals surface area contributed by atoms with Gasteiger partial charge in [0.2, 0.25) is 0 Å². The van der Waals surface area contributed by atoms with Crippen LogP contribution in [0.3, 0.4) is 0 Å². The first-order valence-electron chi connectivity index (χ1n) is 13.3. The SMILES string of the molecule is O=C(NCCN1CCC(n2c(=O)[nH]c3ccccc32)CC1)c1cccc2c1-c1ccccc1C2=O.O=C(O)C(F)(F)F. The van der Waals surface area contributed by atoms with Gasteiger partial charge >= 0.3 is 17.8 Å². The summed E-state index contributed by atoms with van der Waals surface area (Å²) in [6.07, 6.45) is -3.30. The molecule has 0 unspecified atom stereocenters. The smallest absolute Gasteiger partial charge is 0.475 e. The number of benzene rings is 3. The van der Waals surface area contributed by atoms with Gasteiger partial charge in [0, 0.05) is 54.5 Å². The van der Waals surface area contributed by atoms with Crippen LogP contribution in [0.4, 0.5) is 13.2 Å². The molecule has 1 aromatic heterocycles. The number of hydrogen-bond donors (Lipinski definition) is 3. The molecule has 3 N–H and O–H groups in total. The number of piperidine rings is 1. The van der Waals surface area contributed by atoms with Crippen molar-refractivity contribution in [3.05, 3.63) is 93.9 Å². The van der Waals surface area contributed by atoms with Gasteiger partial charge in [0.25, 0.3) is 5.91 Å². The predicted molar refractivity (Wildman–Crippen MR) is 149 cm³/mol. The van der Waals surface area contributed by atoms with Gasteiger partial charge in [0.15, 0.2) is 5.78 Å². The number of carboxylic acids is 1. The summed E-state index contributed by atoms with van der Waals surface area (Å²) >= 11 is 0. The Morgan fingerprint density at radius 2 is 1.52 bits per heavy atom. The zero-order valence-corrected chi connectivity index (χ0v) is 22.3. The molecule has 0 atom stereocenters. The van der Waals surface area contributed by atoms with E-state index in [0.717, 1.165) is 54.6 Å². The second-order valence-electron chi connectivity index (χ2n) is 10.1. The van der Waals surface area contributed by atoms with Crippen LogP contribution < -0.4 is 11.0 Å². The first kappa shape index (κ1) is 28.8. The normalized spacial score (nSPS) is 15.1. The van der Waals surface area contributed by atoms with Crippen molar-refractivity contribution >= 4 is 28.7 Å². The number of nitrogens with one attached hydrogen (secondary N) is 2. The number of rotatable bonds is 5. The molecular weight excluding hydrogens is 553 g/mol. The largest absolute Gasteiger partial charge is 0.490 e. The molecule has 0 saturated carbocycles. The molecule has 1 aliphatic heterocycles. The number of aromatic nitrogens is 2. The molecule has 1 fully saturated rings. The highest BCUT2D eigenvalue weighted by atomic mass is 19.4. The van der Waals surface area contributed by atoms with Crippen LogP contribution in [0, 0.1) is 0 Å². The Morgan fingerprint density at radius 1 is 0.905 bits per heavy atom. The number of hydrogen-bond acceptors (Lipinski definition) is 5. The monoisotopic (exact) mass is 580 g/mol. The number of alkyl halides is 3. The number of carbonyl (C=O) groups excluding carboxylic acids is 2. The molecule has 0 bridgehead atoms. The maximum atomic E-state index is 13.0. The number of halogens is 3. The second kappa shape index (κ2) is 11.6. The van der Waals surface area contributed by atoms with Gasteiger partial charge in [0.1, 0.15) is 0 Å². The molecule has 0 spiro atoms. The average molecular weight is 581 g/mol. The van der Waals surface area contributed by atoms with Crippen molar-refractivity contribution in [3.63, 3.8) is 0 Å². The standard InChI is InChI=1S/C28H26N4O3.C2HF3O2/c33-26-20-7-2-1-6-19(20)25-21(26)8-5-9-22(25)27(34)29-14-17-31-15-12-18(13-16-31)32-24-11-4-3-10-23(24)30-28(32)35;3-2(4,5)1(6)7/h1-11,18H,12-17H2,(H,29,34)(H,30,35);(H,6,7). The van der Waals surface area contributed by atoms with Crippen molar-refractivity contribution in [2.45, 2.75) is 25.1 Å². The van der Waals surface area contributed by atoms with E-state index in [1.807, 2.05) is 53.1 Å². The van der Waals surface area contributed by atoms with Crippen LogP contribution >= 0.6 is 0 Å². The summed E-state index contributed by atoms with van der Waals surface area (Å²) in [5.74, 6) is -2.94. The van der Waals surface area contributed by atoms with Gasteiger partial charge in [-0.2, -0.15) is 13.2 Å². The number of aromatic amines is 1. The summed E-state index contributed by atoms with van der Waals surface area (Å²) < 4.78 is 33.6. The Hall–Kier alpha value is -4.71. The highest BCUT2D eigenvalue weighted by Crippen LogP contribution is 2.38. The predicted octanol–water partition coefficient (Wildman–Crippen LogP) is 4.24. The van der Waals surface area contributed by atoms with Crippen molar-refractivity contribution in [3.8, 4) is 11.1 Å². The lowest BCUT2D eigenvalue weighted by Gasteiger charge is -2.32. The topological polar surface area (TPSA) is 124 Å². The lowest BCUT2D eigenvalue weighted by atomic mass is 9.99. The summed E-state index contributed by atoms with van der Waals surface area (Å²) in [7, 11) is 0. The van der Waals surface area contributed by atoms with Crippen LogP contribution in [-0.4, -0.2) is 69.6 Å². The molecule has 3 aromatic carbocycles. The first-order chi connectivity index (χ1) is 20.1. The van der Waals surface area contributed by atoms with Gasteiger partial charge in [-0.1, -0.05) is 48.5 Å². The van der Waals surface area contributed by atoms with E-state index < -0.39 is 12.1 Å². The van der Waals surface area contributed by atoms with Crippen LogP contribution in [0.2, 0.25) is 0 Å². The number of para-hydroxylation sites is 2. The molecule has 1 saturated heterocycles. The summed E-state index contributed by atoms with van der Waals surface area (Å²) in [5.41, 5.74) is 5.13. The summed E-state index contributed by atoms with van der Waals surface area (Å²) in [5, 5.41) is 10.2. The molecule has 2 heterocycles. The number of fused-ring (bicyclic) bond motifs is 4. The number of likely N-dealkylation sites (tertiary alicyclic amines) is 1. The van der Waals surface area contributed by atoms with E-state index in [9.17, 15) is 27.6 Å². The highest BCUT2D eigenvalue weighted by molar-refractivity contribution is 6.24. The van der Waals surface area contributed by atoms with Crippen LogP contribution in [0.5, 0.6) is 0 Å². The minimum Gasteiger partial charge on any atom is -0.475 e. The third-order valence-electron chi connectivity index (χ3n) is 7.50. The van der Waals surface area contributed by atoms with Crippen LogP contribution in [0.1, 0.15) is 45.2 Å². The lowest BCUT2D eigenvalue weighted by Crippen LogP contribution is -2.41. The molecule has 2 aliphatic rings. The lowest BCUT2D eigenvalue weighted by molar-refractivity contribution is -0.192. The Bertz CT molecular complexity index is 1720. The van der Waals surface area contributed by atoms with Crippen molar-refractivity contribution in [2.24, 2.45) is 0 Å². The summed E-state index contributed by atoms with van der Waals surface area (Å²) in [6.45, 7) is 3.01. The van der Waals surface area contributed by atoms with Gasteiger partial charge in [-0.25, -0.2) is 9.59 Å². The zero-order valence-electron chi connectivity index (χ0n) is 22.3. The van der Waals surface area contributed by atoms with Gasteiger partial charge in [-0.15, -0.1) is 0 Å². The molecule has 1 aliphatic carbocycles. The number of carboxylic acid groups (broad SMARTS) is 1. The minimum atomic E-state index is -5.08. The van der Waals surface area contributed by atoms with Gasteiger partial charge in [-0.3, -0.25) is 14.2 Å². The van der Waals surface area contributed by atoms with Crippen LogP contribution in [-0.2, 0) is 4.79 Å². The second-order valence-corrected chi connectivity index (χ2v) is 10.1. The Labute approximate surface area is 237 Å². The molecule has 6 rings (SSSR count). The van der Waals surface area contributed by atoms with Gasteiger partial charge < -0.3 is 20.3 Å². The van der Waals surface area contributed by atoms with E-state index in [1.54, 1.807) is 18.2 Å². The van der Waals surface area contributed by atoms with E-state index >= 15 is 0 Å². The molecule has 4 aromatic rings. The van der Waals surface area contributed by atoms with E-state index in [1.165, 1.54) is 0 Å². The number of amides is 1. The molecule has 0 radical (unpaired) electrons. The Morgan fingerprint density at radius 3 is 2.21 bits per heavy atom. The molecule has 42 heavy (non-hydrogen) atoms. The number of imidazole rings is 1. The molecule has 1 amide bonds. The van der Waals surface area contributed by atoms with E-state index in [0.29, 0.717) is 23.2 Å². The fourth-order valence-corrected chi connectivity index (χ4v) is 5.53. The zero-order chi connectivity index (χ0) is 30.0. The third kappa shape index (κ3) is 5.70. The summed E-state index contributed by atoms with van der Waals surface area (Å²) in [6, 6.07) is 20.8. The average Bonchev–Trinajstić information content (AvgIpc) is 3.46. The number of H-pyrrole nitrogens is 1. The number of aliphatic carboxylic acids is 1. The molecule has 12 heteroatoms. The summed E-state index contributed by atoms with van der Waals surface area (Å²) in [4.78, 5) is 52.5. The Balaban J connectivity index is 0.000000451. The maximum absolute atomic E-state index is 13.0. The number of nitrogens with zero attached hydrogens (tertiary/aromatic N) is 2. The van der Waals surface area contributed by atoms with Crippen molar-refractivity contribution in [2.75, 3.05) is 26.2 Å². The van der Waals surface area contributed by atoms with Crippen molar-refractivity contribution in [1.29, 1.82) is 0 Å². The minimum absolute atomic E-state index is 0.0255. The number of carbonyl (C=O) groups is 3. The molecule has 9 nitrogen and oxygen atoms in total. The fourth-order valence-electron chi connectivity index (χ4n) is 5.53. The van der Waals surface area contributed by atoms with E-state index in [4.69, 9.17) is 9.90 Å². The quantitative estimate of drug-likeness (QED) is 0.286. The van der Waals surface area contributed by atoms with E-state index in [2.05, 4.69) is 15.2 Å². The number of ketones is 1. The first-order valence-corrected chi connectivity index (χ1v) is 13.3. The van der Waals surface area contributed by atoms with Crippen molar-refractivity contribution < 1.29 is 32.7 Å². The van der Waals surface area contributed by atoms with Gasteiger partial charge in [0.05, 0.1) is 11.0 Å². The van der Waals surface area contributed by atoms with Crippen LogP contribution in [0.25, 0.3) is 22.2 Å². The molecular formula is C30H27F3N4O5. The van der Waals surface area contributed by atoms with Crippen molar-refractivity contribution in [1.82, 2.24) is 19.8 Å². The Kier molecular flexibility index (Phi) is 7.99. The third-order valence-corrected chi connectivity index (χ3v) is 7.50. The fraction of sp³-hybridized carbons (Fsp3) is 0.267. The van der Waals surface area contributed by atoms with Crippen LogP contribution in [0.15, 0.2) is 71.5 Å². The highest BCUT2D eigenvalue weighted by Gasteiger charge is 2.38. The van der Waals surface area contributed by atoms with Gasteiger partial charge in [-0.05, 0) is 36.6 Å². The van der Waals surface area contributed by atoms with E-state index in [-0.39, 0.29) is 23.4 Å². The maximum Gasteiger partial charge on any atom is 0.490 e.